The van der Waals surface area contributed by atoms with Gasteiger partial charge in [-0.15, -0.1) is 0 Å². The summed E-state index contributed by atoms with van der Waals surface area (Å²) in [7, 11) is 0. The van der Waals surface area contributed by atoms with E-state index in [2.05, 4.69) is 46.7 Å². The molecule has 0 saturated carbocycles. The van der Waals surface area contributed by atoms with Crippen LogP contribution in [-0.2, 0) is 13.0 Å². The van der Waals surface area contributed by atoms with E-state index in [0.717, 1.165) is 25.3 Å². The fraction of sp³-hybridized carbons (Fsp3) is 0.467. The number of aromatic nitrogens is 3. The molecular formula is C15H22N4. The van der Waals surface area contributed by atoms with Crippen molar-refractivity contribution in [2.75, 3.05) is 6.54 Å². The van der Waals surface area contributed by atoms with Gasteiger partial charge in [-0.2, -0.15) is 0 Å². The lowest BCUT2D eigenvalue weighted by Gasteiger charge is -2.20. The summed E-state index contributed by atoms with van der Waals surface area (Å²) in [5.74, 6) is 1.13. The molecule has 0 amide bonds. The average Bonchev–Trinajstić information content (AvgIpc) is 2.86. The van der Waals surface area contributed by atoms with Gasteiger partial charge in [0.05, 0.1) is 0 Å². The summed E-state index contributed by atoms with van der Waals surface area (Å²) < 4.78 is 2.20. The van der Waals surface area contributed by atoms with Crippen LogP contribution in [0.5, 0.6) is 0 Å². The molecule has 0 saturated heterocycles. The Hall–Kier alpha value is -1.68. The predicted molar refractivity (Wildman–Crippen MR) is 77.0 cm³/mol. The van der Waals surface area contributed by atoms with E-state index in [0.29, 0.717) is 6.04 Å². The summed E-state index contributed by atoms with van der Waals surface area (Å²) in [4.78, 5) is 8.64. The average molecular weight is 258 g/mol. The topological polar surface area (TPSA) is 42.7 Å². The van der Waals surface area contributed by atoms with Crippen molar-refractivity contribution in [3.63, 3.8) is 0 Å². The lowest BCUT2D eigenvalue weighted by molar-refractivity contribution is 0.519. The number of rotatable bonds is 6. The van der Waals surface area contributed by atoms with Gasteiger partial charge < -0.3 is 9.88 Å². The van der Waals surface area contributed by atoms with E-state index < -0.39 is 0 Å². The highest BCUT2D eigenvalue weighted by molar-refractivity contribution is 5.26. The van der Waals surface area contributed by atoms with E-state index in [1.54, 1.807) is 0 Å². The Labute approximate surface area is 114 Å². The molecule has 2 aromatic heterocycles. The number of nitrogens with zero attached hydrogens (tertiary/aromatic N) is 3. The molecule has 1 N–H and O–H groups in total. The Morgan fingerprint density at radius 2 is 2.16 bits per heavy atom. The molecule has 1 unspecified atom stereocenters. The van der Waals surface area contributed by atoms with Crippen molar-refractivity contribution < 1.29 is 0 Å². The molecule has 102 valence electrons. The third-order valence-electron chi connectivity index (χ3n) is 3.42. The van der Waals surface area contributed by atoms with Crippen LogP contribution in [0, 0.1) is 6.92 Å². The first-order chi connectivity index (χ1) is 9.26. The van der Waals surface area contributed by atoms with E-state index in [9.17, 15) is 0 Å². The maximum Gasteiger partial charge on any atom is 0.110 e. The van der Waals surface area contributed by atoms with Crippen LogP contribution in [0.3, 0.4) is 0 Å². The van der Waals surface area contributed by atoms with Gasteiger partial charge in [0.25, 0.3) is 0 Å². The van der Waals surface area contributed by atoms with Gasteiger partial charge in [0.15, 0.2) is 0 Å². The van der Waals surface area contributed by atoms with Gasteiger partial charge in [-0.3, -0.25) is 4.98 Å². The zero-order valence-corrected chi connectivity index (χ0v) is 11.9. The molecule has 4 nitrogen and oxygen atoms in total. The quantitative estimate of drug-likeness (QED) is 0.865. The summed E-state index contributed by atoms with van der Waals surface area (Å²) in [6, 6.07) is 2.39. The lowest BCUT2D eigenvalue weighted by Crippen LogP contribution is -2.25. The zero-order chi connectivity index (χ0) is 13.7. The number of hydrogen-bond donors (Lipinski definition) is 1. The highest BCUT2D eigenvalue weighted by atomic mass is 15.1. The van der Waals surface area contributed by atoms with E-state index in [-0.39, 0.29) is 0 Å². The van der Waals surface area contributed by atoms with Gasteiger partial charge >= 0.3 is 0 Å². The van der Waals surface area contributed by atoms with Crippen molar-refractivity contribution in [2.24, 2.45) is 0 Å². The summed E-state index contributed by atoms with van der Waals surface area (Å²) in [6.07, 6.45) is 8.60. The van der Waals surface area contributed by atoms with Crippen LogP contribution in [0.2, 0.25) is 0 Å². The molecule has 0 aliphatic rings. The first kappa shape index (κ1) is 13.7. The fourth-order valence-electron chi connectivity index (χ4n) is 2.41. The molecule has 0 spiro atoms. The van der Waals surface area contributed by atoms with Crippen LogP contribution in [0.4, 0.5) is 0 Å². The number of likely N-dealkylation sites (N-methyl/N-ethyl adjacent to an activating group) is 1. The summed E-state index contributed by atoms with van der Waals surface area (Å²) >= 11 is 0. The third kappa shape index (κ3) is 3.20. The SMILES string of the molecule is CCNC(Cc1nccn1CC)c1ccncc1C. The molecular weight excluding hydrogens is 236 g/mol. The van der Waals surface area contributed by atoms with Crippen LogP contribution in [0.15, 0.2) is 30.9 Å². The number of hydrogen-bond acceptors (Lipinski definition) is 3. The molecule has 0 radical (unpaired) electrons. The zero-order valence-electron chi connectivity index (χ0n) is 11.9. The second kappa shape index (κ2) is 6.48. The minimum atomic E-state index is 0.292. The Bertz CT molecular complexity index is 518. The second-order valence-electron chi connectivity index (χ2n) is 4.68. The minimum Gasteiger partial charge on any atom is -0.335 e. The number of imidazole rings is 1. The minimum absolute atomic E-state index is 0.292. The second-order valence-corrected chi connectivity index (χ2v) is 4.68. The highest BCUT2D eigenvalue weighted by Gasteiger charge is 2.15. The normalized spacial score (nSPS) is 12.6. The molecule has 2 rings (SSSR count). The smallest absolute Gasteiger partial charge is 0.110 e. The third-order valence-corrected chi connectivity index (χ3v) is 3.42. The summed E-state index contributed by atoms with van der Waals surface area (Å²) in [6.45, 7) is 8.29. The van der Waals surface area contributed by atoms with Crippen molar-refractivity contribution in [3.05, 3.63) is 47.8 Å². The van der Waals surface area contributed by atoms with E-state index >= 15 is 0 Å². The maximum absolute atomic E-state index is 4.47. The van der Waals surface area contributed by atoms with Crippen molar-refractivity contribution in [2.45, 2.75) is 39.8 Å². The molecule has 0 aliphatic carbocycles. The van der Waals surface area contributed by atoms with Gasteiger partial charge in [0.1, 0.15) is 5.82 Å². The Morgan fingerprint density at radius 1 is 1.32 bits per heavy atom. The van der Waals surface area contributed by atoms with E-state index in [4.69, 9.17) is 0 Å². The van der Waals surface area contributed by atoms with Gasteiger partial charge in [-0.25, -0.2) is 4.98 Å². The fourth-order valence-corrected chi connectivity index (χ4v) is 2.41. The molecule has 2 aromatic rings. The maximum atomic E-state index is 4.47. The Balaban J connectivity index is 2.24. The first-order valence-electron chi connectivity index (χ1n) is 6.90. The molecule has 4 heteroatoms. The van der Waals surface area contributed by atoms with Crippen molar-refractivity contribution >= 4 is 0 Å². The van der Waals surface area contributed by atoms with Gasteiger partial charge in [-0.05, 0) is 37.6 Å². The van der Waals surface area contributed by atoms with Gasteiger partial charge in [-0.1, -0.05) is 6.92 Å². The monoisotopic (exact) mass is 258 g/mol. The molecule has 1 atom stereocenters. The number of pyridine rings is 1. The predicted octanol–water partition coefficient (Wildman–Crippen LogP) is 2.50. The van der Waals surface area contributed by atoms with Crippen LogP contribution in [0.1, 0.15) is 36.8 Å². The van der Waals surface area contributed by atoms with Crippen molar-refractivity contribution in [3.8, 4) is 0 Å². The molecule has 0 fully saturated rings. The van der Waals surface area contributed by atoms with Crippen LogP contribution in [0.25, 0.3) is 0 Å². The van der Waals surface area contributed by atoms with Crippen molar-refractivity contribution in [1.29, 1.82) is 0 Å². The number of aryl methyl sites for hydroxylation is 2. The molecule has 0 bridgehead atoms. The van der Waals surface area contributed by atoms with Gasteiger partial charge in [0, 0.05) is 43.8 Å². The Kier molecular flexibility index (Phi) is 4.68. The van der Waals surface area contributed by atoms with Gasteiger partial charge in [0.2, 0.25) is 0 Å². The Morgan fingerprint density at radius 3 is 2.84 bits per heavy atom. The summed E-state index contributed by atoms with van der Waals surface area (Å²) in [5, 5.41) is 3.55. The molecule has 19 heavy (non-hydrogen) atoms. The lowest BCUT2D eigenvalue weighted by atomic mass is 10.0. The number of nitrogens with one attached hydrogen (secondary N) is 1. The van der Waals surface area contributed by atoms with Crippen LogP contribution >= 0.6 is 0 Å². The highest BCUT2D eigenvalue weighted by Crippen LogP contribution is 2.20. The van der Waals surface area contributed by atoms with Crippen molar-refractivity contribution in [1.82, 2.24) is 19.9 Å². The van der Waals surface area contributed by atoms with Crippen LogP contribution < -0.4 is 5.32 Å². The van der Waals surface area contributed by atoms with Crippen LogP contribution in [-0.4, -0.2) is 21.1 Å². The molecule has 0 aromatic carbocycles. The van der Waals surface area contributed by atoms with E-state index in [1.165, 1.54) is 11.1 Å². The molecule has 0 aliphatic heterocycles. The standard InChI is InChI=1S/C15H22N4/c1-4-17-14(13-6-7-16-11-12(13)3)10-15-18-8-9-19(15)5-2/h6-9,11,14,17H,4-5,10H2,1-3H3. The first-order valence-corrected chi connectivity index (χ1v) is 6.90. The molecule has 2 heterocycles. The van der Waals surface area contributed by atoms with E-state index in [1.807, 2.05) is 24.8 Å². The summed E-state index contributed by atoms with van der Waals surface area (Å²) in [5.41, 5.74) is 2.53. The largest absolute Gasteiger partial charge is 0.335 e.